The average molecular weight is 412 g/mol. The molecule has 2 N–H and O–H groups in total. The predicted octanol–water partition coefficient (Wildman–Crippen LogP) is 4.23. The van der Waals surface area contributed by atoms with E-state index < -0.39 is 15.9 Å². The van der Waals surface area contributed by atoms with Crippen molar-refractivity contribution in [2.45, 2.75) is 10.8 Å². The van der Waals surface area contributed by atoms with E-state index in [1.165, 1.54) is 12.3 Å². The van der Waals surface area contributed by atoms with Crippen molar-refractivity contribution in [3.8, 4) is 0 Å². The van der Waals surface area contributed by atoms with Gasteiger partial charge in [-0.15, -0.1) is 11.3 Å². The number of furan rings is 1. The number of nitrogens with one attached hydrogen (secondary N) is 2. The smallest absolute Gasteiger partial charge is 0.271 e. The number of hydrogen-bond acceptors (Lipinski definition) is 5. The van der Waals surface area contributed by atoms with E-state index in [1.807, 2.05) is 24.3 Å². The van der Waals surface area contributed by atoms with Gasteiger partial charge in [0.25, 0.3) is 15.9 Å². The molecule has 0 atom stereocenters. The zero-order valence-electron chi connectivity index (χ0n) is 14.6. The SMILES string of the molecule is O=C(NCc1ccco1)c1cc2ccccc2cc1NS(=O)(=O)c1cccs1. The van der Waals surface area contributed by atoms with E-state index in [2.05, 4.69) is 10.0 Å². The highest BCUT2D eigenvalue weighted by Gasteiger charge is 2.20. The van der Waals surface area contributed by atoms with Gasteiger partial charge in [0.1, 0.15) is 9.97 Å². The fraction of sp³-hybridized carbons (Fsp3) is 0.0500. The van der Waals surface area contributed by atoms with Crippen LogP contribution in [-0.2, 0) is 16.6 Å². The number of carbonyl (C=O) groups excluding carboxylic acids is 1. The Morgan fingerprint density at radius 3 is 2.46 bits per heavy atom. The van der Waals surface area contributed by atoms with Crippen LogP contribution < -0.4 is 10.0 Å². The van der Waals surface area contributed by atoms with Gasteiger partial charge in [-0.05, 0) is 46.5 Å². The number of benzene rings is 2. The molecule has 4 rings (SSSR count). The van der Waals surface area contributed by atoms with Crippen molar-refractivity contribution < 1.29 is 17.6 Å². The number of thiophene rings is 1. The topological polar surface area (TPSA) is 88.4 Å². The molecule has 8 heteroatoms. The van der Waals surface area contributed by atoms with Crippen LogP contribution in [0.4, 0.5) is 5.69 Å². The summed E-state index contributed by atoms with van der Waals surface area (Å²) in [6.07, 6.45) is 1.53. The van der Waals surface area contributed by atoms with E-state index >= 15 is 0 Å². The Morgan fingerprint density at radius 2 is 1.79 bits per heavy atom. The van der Waals surface area contributed by atoms with Gasteiger partial charge >= 0.3 is 0 Å². The summed E-state index contributed by atoms with van der Waals surface area (Å²) < 4.78 is 33.3. The second kappa shape index (κ2) is 7.49. The normalized spacial score (nSPS) is 11.4. The van der Waals surface area contributed by atoms with Crippen molar-refractivity contribution in [3.05, 3.63) is 83.6 Å². The summed E-state index contributed by atoms with van der Waals surface area (Å²) in [7, 11) is -3.78. The summed E-state index contributed by atoms with van der Waals surface area (Å²) >= 11 is 1.11. The third kappa shape index (κ3) is 3.78. The fourth-order valence-corrected chi connectivity index (χ4v) is 4.86. The molecule has 2 aromatic carbocycles. The average Bonchev–Trinajstić information content (AvgIpc) is 3.39. The Kier molecular flexibility index (Phi) is 4.89. The van der Waals surface area contributed by atoms with Crippen LogP contribution in [0, 0.1) is 0 Å². The molecule has 0 saturated heterocycles. The minimum Gasteiger partial charge on any atom is -0.467 e. The van der Waals surface area contributed by atoms with Gasteiger partial charge in [-0.3, -0.25) is 9.52 Å². The van der Waals surface area contributed by atoms with Crippen LogP contribution in [0.5, 0.6) is 0 Å². The molecule has 0 aliphatic heterocycles. The van der Waals surface area contributed by atoms with E-state index in [0.29, 0.717) is 5.76 Å². The molecule has 0 bridgehead atoms. The van der Waals surface area contributed by atoms with Crippen molar-refractivity contribution >= 4 is 43.7 Å². The number of hydrogen-bond donors (Lipinski definition) is 2. The second-order valence-corrected chi connectivity index (χ2v) is 8.90. The Bertz CT molecular complexity index is 1210. The molecule has 1 amide bonds. The van der Waals surface area contributed by atoms with Gasteiger partial charge in [0.2, 0.25) is 0 Å². The van der Waals surface area contributed by atoms with Gasteiger partial charge in [0.15, 0.2) is 0 Å². The molecular formula is C20H16N2O4S2. The molecule has 0 radical (unpaired) electrons. The van der Waals surface area contributed by atoms with E-state index in [4.69, 9.17) is 4.42 Å². The molecule has 4 aromatic rings. The monoisotopic (exact) mass is 412 g/mol. The Balaban J connectivity index is 1.71. The van der Waals surface area contributed by atoms with E-state index in [-0.39, 0.29) is 22.0 Å². The third-order valence-corrected chi connectivity index (χ3v) is 6.90. The second-order valence-electron chi connectivity index (χ2n) is 6.04. The minimum atomic E-state index is -3.78. The maximum absolute atomic E-state index is 12.8. The van der Waals surface area contributed by atoms with E-state index in [9.17, 15) is 13.2 Å². The largest absolute Gasteiger partial charge is 0.467 e. The fourth-order valence-electron chi connectivity index (χ4n) is 2.80. The molecule has 0 fully saturated rings. The number of fused-ring (bicyclic) bond motifs is 1. The van der Waals surface area contributed by atoms with Crippen LogP contribution in [0.1, 0.15) is 16.1 Å². The quantitative estimate of drug-likeness (QED) is 0.496. The van der Waals surface area contributed by atoms with Crippen LogP contribution in [0.15, 0.2) is 80.9 Å². The lowest BCUT2D eigenvalue weighted by molar-refractivity contribution is 0.0949. The lowest BCUT2D eigenvalue weighted by Crippen LogP contribution is -2.24. The molecule has 0 unspecified atom stereocenters. The minimum absolute atomic E-state index is 0.183. The standard InChI is InChI=1S/C20H16N2O4S2/c23-20(21-13-16-7-3-9-26-16)17-11-14-5-1-2-6-15(14)12-18(17)22-28(24,25)19-8-4-10-27-19/h1-12,22H,13H2,(H,21,23). The van der Waals surface area contributed by atoms with Crippen molar-refractivity contribution in [2.24, 2.45) is 0 Å². The molecule has 0 aliphatic carbocycles. The van der Waals surface area contributed by atoms with Crippen LogP contribution in [-0.4, -0.2) is 14.3 Å². The summed E-state index contributed by atoms with van der Waals surface area (Å²) in [5.41, 5.74) is 0.467. The Morgan fingerprint density at radius 1 is 1.00 bits per heavy atom. The molecule has 0 saturated carbocycles. The highest BCUT2D eigenvalue weighted by atomic mass is 32.2. The summed E-state index contributed by atoms with van der Waals surface area (Å²) in [5.74, 6) is 0.209. The van der Waals surface area contributed by atoms with Crippen molar-refractivity contribution in [3.63, 3.8) is 0 Å². The van der Waals surface area contributed by atoms with Gasteiger partial charge in [-0.1, -0.05) is 30.3 Å². The molecule has 2 aromatic heterocycles. The lowest BCUT2D eigenvalue weighted by atomic mass is 10.0. The molecular weight excluding hydrogens is 396 g/mol. The Hall–Kier alpha value is -3.10. The highest BCUT2D eigenvalue weighted by molar-refractivity contribution is 7.94. The van der Waals surface area contributed by atoms with Gasteiger partial charge in [-0.25, -0.2) is 8.42 Å². The number of sulfonamides is 1. The lowest BCUT2D eigenvalue weighted by Gasteiger charge is -2.13. The first-order valence-electron chi connectivity index (χ1n) is 8.43. The summed E-state index contributed by atoms with van der Waals surface area (Å²) in [6, 6.07) is 17.5. The zero-order chi connectivity index (χ0) is 19.6. The van der Waals surface area contributed by atoms with E-state index in [0.717, 1.165) is 22.1 Å². The molecule has 0 aliphatic rings. The maximum atomic E-state index is 12.8. The van der Waals surface area contributed by atoms with Crippen molar-refractivity contribution in [2.75, 3.05) is 4.72 Å². The first kappa shape index (κ1) is 18.3. The number of carbonyl (C=O) groups is 1. The van der Waals surface area contributed by atoms with Gasteiger partial charge < -0.3 is 9.73 Å². The summed E-state index contributed by atoms with van der Waals surface area (Å²) in [5, 5.41) is 6.11. The van der Waals surface area contributed by atoms with Crippen LogP contribution in [0.2, 0.25) is 0 Å². The van der Waals surface area contributed by atoms with Gasteiger partial charge in [0.05, 0.1) is 24.1 Å². The number of amides is 1. The first-order chi connectivity index (χ1) is 13.5. The molecule has 0 spiro atoms. The summed E-state index contributed by atoms with van der Waals surface area (Å²) in [6.45, 7) is 0.204. The molecule has 2 heterocycles. The van der Waals surface area contributed by atoms with Crippen LogP contribution in [0.25, 0.3) is 10.8 Å². The van der Waals surface area contributed by atoms with E-state index in [1.54, 1.807) is 35.7 Å². The number of anilines is 1. The van der Waals surface area contributed by atoms with Crippen LogP contribution >= 0.6 is 11.3 Å². The molecule has 142 valence electrons. The van der Waals surface area contributed by atoms with Gasteiger partial charge in [0, 0.05) is 0 Å². The molecule has 28 heavy (non-hydrogen) atoms. The van der Waals surface area contributed by atoms with Gasteiger partial charge in [-0.2, -0.15) is 0 Å². The summed E-state index contributed by atoms with van der Waals surface area (Å²) in [4.78, 5) is 12.8. The first-order valence-corrected chi connectivity index (χ1v) is 10.8. The highest BCUT2D eigenvalue weighted by Crippen LogP contribution is 2.27. The zero-order valence-corrected chi connectivity index (χ0v) is 16.2. The Labute approximate surface area is 165 Å². The maximum Gasteiger partial charge on any atom is 0.271 e. The van der Waals surface area contributed by atoms with Crippen molar-refractivity contribution in [1.82, 2.24) is 5.32 Å². The number of rotatable bonds is 6. The predicted molar refractivity (Wildman–Crippen MR) is 109 cm³/mol. The third-order valence-electron chi connectivity index (χ3n) is 4.14. The van der Waals surface area contributed by atoms with Crippen LogP contribution in [0.3, 0.4) is 0 Å². The van der Waals surface area contributed by atoms with Crippen molar-refractivity contribution in [1.29, 1.82) is 0 Å². The molecule has 6 nitrogen and oxygen atoms in total.